The van der Waals surface area contributed by atoms with Crippen molar-refractivity contribution in [2.45, 2.75) is 18.1 Å². The van der Waals surface area contributed by atoms with Crippen LogP contribution in [0.4, 0.5) is 0 Å². The van der Waals surface area contributed by atoms with E-state index in [-0.39, 0.29) is 6.61 Å². The molecule has 0 spiro atoms. The Morgan fingerprint density at radius 2 is 2.00 bits per heavy atom. The Morgan fingerprint density at radius 3 is 2.71 bits per heavy atom. The van der Waals surface area contributed by atoms with Crippen molar-refractivity contribution in [3.8, 4) is 0 Å². The number of H-pyrrole nitrogens is 1. The third-order valence-electron chi connectivity index (χ3n) is 3.76. The van der Waals surface area contributed by atoms with Gasteiger partial charge < -0.3 is 9.67 Å². The molecule has 3 aromatic rings. The van der Waals surface area contributed by atoms with E-state index in [0.29, 0.717) is 28.6 Å². The smallest absolute Gasteiger partial charge is 0.329 e. The highest BCUT2D eigenvalue weighted by molar-refractivity contribution is 7.99. The van der Waals surface area contributed by atoms with Crippen LogP contribution >= 0.6 is 11.8 Å². The monoisotopic (exact) mass is 346 g/mol. The molecular formula is C16H18N4O3S. The fourth-order valence-electron chi connectivity index (χ4n) is 2.55. The van der Waals surface area contributed by atoms with Gasteiger partial charge in [0.15, 0.2) is 16.3 Å². The van der Waals surface area contributed by atoms with Crippen LogP contribution in [0.1, 0.15) is 5.56 Å². The maximum atomic E-state index is 12.3. The molecule has 3 rings (SSSR count). The predicted octanol–water partition coefficient (Wildman–Crippen LogP) is 0.750. The van der Waals surface area contributed by atoms with E-state index in [1.165, 1.54) is 16.3 Å². The lowest BCUT2D eigenvalue weighted by atomic mass is 10.1. The van der Waals surface area contributed by atoms with Gasteiger partial charge in [-0.25, -0.2) is 9.78 Å². The van der Waals surface area contributed by atoms with Crippen LogP contribution < -0.4 is 11.2 Å². The van der Waals surface area contributed by atoms with Gasteiger partial charge in [-0.3, -0.25) is 14.3 Å². The lowest BCUT2D eigenvalue weighted by Gasteiger charge is -2.08. The number of rotatable bonds is 6. The number of aryl methyl sites for hydroxylation is 3. The molecule has 0 unspecified atom stereocenters. The quantitative estimate of drug-likeness (QED) is 0.643. The van der Waals surface area contributed by atoms with Gasteiger partial charge in [0.1, 0.15) is 0 Å². The molecule has 1 aromatic carbocycles. The molecule has 24 heavy (non-hydrogen) atoms. The van der Waals surface area contributed by atoms with E-state index in [0.717, 1.165) is 12.0 Å². The Hall–Kier alpha value is -2.32. The Kier molecular flexibility index (Phi) is 4.86. The molecule has 2 heterocycles. The van der Waals surface area contributed by atoms with Crippen molar-refractivity contribution in [3.63, 3.8) is 0 Å². The van der Waals surface area contributed by atoms with E-state index >= 15 is 0 Å². The molecular weight excluding hydrogens is 328 g/mol. The van der Waals surface area contributed by atoms with Crippen LogP contribution in [-0.4, -0.2) is 36.6 Å². The molecule has 7 nitrogen and oxygen atoms in total. The third kappa shape index (κ3) is 3.15. The number of hydrogen-bond donors (Lipinski definition) is 2. The molecule has 0 fully saturated rings. The highest BCUT2D eigenvalue weighted by Crippen LogP contribution is 2.21. The average Bonchev–Trinajstić information content (AvgIpc) is 2.96. The molecule has 0 aliphatic heterocycles. The van der Waals surface area contributed by atoms with Crippen LogP contribution in [-0.2, 0) is 20.0 Å². The minimum atomic E-state index is -0.487. The van der Waals surface area contributed by atoms with Crippen LogP contribution in [0, 0.1) is 0 Å². The Morgan fingerprint density at radius 1 is 1.25 bits per heavy atom. The first-order valence-electron chi connectivity index (χ1n) is 7.59. The summed E-state index contributed by atoms with van der Waals surface area (Å²) in [6, 6.07) is 9.96. The lowest BCUT2D eigenvalue weighted by Crippen LogP contribution is -2.29. The van der Waals surface area contributed by atoms with E-state index < -0.39 is 11.2 Å². The standard InChI is InChI=1S/C16H18N4O3S/c1-19-13-12(14(22)18-15(19)23)20(16(17-13)24-10-9-21)8-7-11-5-3-2-4-6-11/h2-6,21H,7-10H2,1H3,(H,18,22,23). The van der Waals surface area contributed by atoms with Gasteiger partial charge in [-0.2, -0.15) is 0 Å². The van der Waals surface area contributed by atoms with Crippen molar-refractivity contribution in [1.82, 2.24) is 19.1 Å². The molecule has 0 bridgehead atoms. The summed E-state index contributed by atoms with van der Waals surface area (Å²) in [7, 11) is 1.58. The SMILES string of the molecule is Cn1c(=O)[nH]c(=O)c2c1nc(SCCO)n2CCc1ccccc1. The number of nitrogens with one attached hydrogen (secondary N) is 1. The number of aromatic amines is 1. The second-order valence-electron chi connectivity index (χ2n) is 5.34. The molecule has 0 radical (unpaired) electrons. The van der Waals surface area contributed by atoms with Crippen LogP contribution in [0.15, 0.2) is 45.1 Å². The predicted molar refractivity (Wildman–Crippen MR) is 93.6 cm³/mol. The molecule has 0 saturated heterocycles. The Balaban J connectivity index is 2.07. The summed E-state index contributed by atoms with van der Waals surface area (Å²) in [6.07, 6.45) is 0.737. The number of imidazole rings is 1. The second-order valence-corrected chi connectivity index (χ2v) is 6.41. The van der Waals surface area contributed by atoms with E-state index in [4.69, 9.17) is 5.11 Å². The maximum absolute atomic E-state index is 12.3. The first-order valence-corrected chi connectivity index (χ1v) is 8.57. The van der Waals surface area contributed by atoms with Gasteiger partial charge in [-0.15, -0.1) is 0 Å². The number of benzene rings is 1. The zero-order chi connectivity index (χ0) is 17.1. The highest BCUT2D eigenvalue weighted by atomic mass is 32.2. The van der Waals surface area contributed by atoms with Gasteiger partial charge in [-0.05, 0) is 12.0 Å². The molecule has 2 N–H and O–H groups in total. The fourth-order valence-corrected chi connectivity index (χ4v) is 3.32. The number of fused-ring (bicyclic) bond motifs is 1. The fraction of sp³-hybridized carbons (Fsp3) is 0.312. The summed E-state index contributed by atoms with van der Waals surface area (Å²) in [6.45, 7) is 0.581. The average molecular weight is 346 g/mol. The van der Waals surface area contributed by atoms with Crippen LogP contribution in [0.5, 0.6) is 0 Å². The van der Waals surface area contributed by atoms with Crippen molar-refractivity contribution in [2.24, 2.45) is 7.05 Å². The second kappa shape index (κ2) is 7.06. The summed E-state index contributed by atoms with van der Waals surface area (Å²) in [5.74, 6) is 0.473. The van der Waals surface area contributed by atoms with Crippen LogP contribution in [0.2, 0.25) is 0 Å². The zero-order valence-corrected chi connectivity index (χ0v) is 14.0. The Bertz CT molecular complexity index is 959. The summed E-state index contributed by atoms with van der Waals surface area (Å²) >= 11 is 1.36. The molecule has 0 atom stereocenters. The number of aliphatic hydroxyl groups excluding tert-OH is 1. The summed E-state index contributed by atoms with van der Waals surface area (Å²) in [5, 5.41) is 9.70. The van der Waals surface area contributed by atoms with Crippen LogP contribution in [0.3, 0.4) is 0 Å². The van der Waals surface area contributed by atoms with Crippen molar-refractivity contribution in [2.75, 3.05) is 12.4 Å². The van der Waals surface area contributed by atoms with Crippen molar-refractivity contribution in [1.29, 1.82) is 0 Å². The van der Waals surface area contributed by atoms with E-state index in [1.54, 1.807) is 7.05 Å². The minimum Gasteiger partial charge on any atom is -0.396 e. The van der Waals surface area contributed by atoms with Gasteiger partial charge in [0.2, 0.25) is 0 Å². The zero-order valence-electron chi connectivity index (χ0n) is 13.2. The van der Waals surface area contributed by atoms with Gasteiger partial charge in [0, 0.05) is 19.3 Å². The molecule has 0 aliphatic rings. The first-order chi connectivity index (χ1) is 11.6. The number of thioether (sulfide) groups is 1. The maximum Gasteiger partial charge on any atom is 0.329 e. The summed E-state index contributed by atoms with van der Waals surface area (Å²) < 4.78 is 3.15. The van der Waals surface area contributed by atoms with Gasteiger partial charge in [-0.1, -0.05) is 42.1 Å². The summed E-state index contributed by atoms with van der Waals surface area (Å²) in [4.78, 5) is 30.8. The van der Waals surface area contributed by atoms with E-state index in [2.05, 4.69) is 9.97 Å². The van der Waals surface area contributed by atoms with E-state index in [1.807, 2.05) is 34.9 Å². The van der Waals surface area contributed by atoms with Gasteiger partial charge in [0.05, 0.1) is 6.61 Å². The minimum absolute atomic E-state index is 0.0157. The number of aliphatic hydroxyl groups is 1. The number of hydrogen-bond acceptors (Lipinski definition) is 5. The normalized spacial score (nSPS) is 11.2. The Labute approximate surface area is 142 Å². The largest absolute Gasteiger partial charge is 0.396 e. The van der Waals surface area contributed by atoms with Crippen molar-refractivity contribution >= 4 is 22.9 Å². The van der Waals surface area contributed by atoms with E-state index in [9.17, 15) is 9.59 Å². The number of nitrogens with zero attached hydrogens (tertiary/aromatic N) is 3. The van der Waals surface area contributed by atoms with Crippen molar-refractivity contribution in [3.05, 3.63) is 56.7 Å². The molecule has 0 aliphatic carbocycles. The van der Waals surface area contributed by atoms with Gasteiger partial charge >= 0.3 is 5.69 Å². The summed E-state index contributed by atoms with van der Waals surface area (Å²) in [5.41, 5.74) is 0.966. The first kappa shape index (κ1) is 16.5. The number of aromatic nitrogens is 4. The lowest BCUT2D eigenvalue weighted by molar-refractivity contribution is 0.322. The van der Waals surface area contributed by atoms with Gasteiger partial charge in [0.25, 0.3) is 5.56 Å². The molecule has 2 aromatic heterocycles. The molecule has 126 valence electrons. The van der Waals surface area contributed by atoms with Crippen molar-refractivity contribution < 1.29 is 5.11 Å². The third-order valence-corrected chi connectivity index (χ3v) is 4.72. The molecule has 0 saturated carbocycles. The molecule has 8 heteroatoms. The van der Waals surface area contributed by atoms with Crippen LogP contribution in [0.25, 0.3) is 11.2 Å². The topological polar surface area (TPSA) is 92.9 Å². The highest BCUT2D eigenvalue weighted by Gasteiger charge is 2.17. The molecule has 0 amide bonds.